The molecule has 2 saturated heterocycles. The van der Waals surface area contributed by atoms with Crippen LogP contribution in [0.1, 0.15) is 11.1 Å². The van der Waals surface area contributed by atoms with Gasteiger partial charge in [-0.05, 0) is 48.5 Å². The summed E-state index contributed by atoms with van der Waals surface area (Å²) < 4.78 is 5.37. The van der Waals surface area contributed by atoms with E-state index in [0.29, 0.717) is 55.0 Å². The second kappa shape index (κ2) is 10.1. The van der Waals surface area contributed by atoms with E-state index in [1.165, 1.54) is 18.2 Å². The van der Waals surface area contributed by atoms with Gasteiger partial charge in [0.2, 0.25) is 5.91 Å². The zero-order valence-electron chi connectivity index (χ0n) is 18.4. The Morgan fingerprint density at radius 3 is 2.68 bits per heavy atom. The highest BCUT2D eigenvalue weighted by Gasteiger charge is 2.36. The number of thioether (sulfide) groups is 1. The summed E-state index contributed by atoms with van der Waals surface area (Å²) in [6, 6.07) is 11.6. The molecule has 0 saturated carbocycles. The lowest BCUT2D eigenvalue weighted by molar-refractivity contribution is -0.384. The average Bonchev–Trinajstić information content (AvgIpc) is 3.07. The lowest BCUT2D eigenvalue weighted by Crippen LogP contribution is -2.36. The fourth-order valence-corrected chi connectivity index (χ4v) is 4.54. The summed E-state index contributed by atoms with van der Waals surface area (Å²) in [6.07, 6.45) is 1.47. The number of nitro groups is 1. The number of imide groups is 1. The maximum atomic E-state index is 12.9. The van der Waals surface area contributed by atoms with Gasteiger partial charge in [-0.15, -0.1) is 0 Å². The zero-order valence-corrected chi connectivity index (χ0v) is 19.2. The molecule has 2 heterocycles. The molecule has 0 atom stereocenters. The van der Waals surface area contributed by atoms with E-state index >= 15 is 0 Å². The van der Waals surface area contributed by atoms with E-state index in [2.05, 4.69) is 5.32 Å². The highest BCUT2D eigenvalue weighted by Crippen LogP contribution is 2.35. The maximum absolute atomic E-state index is 12.9. The molecule has 0 spiro atoms. The molecule has 176 valence electrons. The van der Waals surface area contributed by atoms with E-state index < -0.39 is 28.5 Å². The Hall–Kier alpha value is -3.70. The number of nitrogens with zero attached hydrogens (tertiary/aromatic N) is 3. The van der Waals surface area contributed by atoms with Crippen molar-refractivity contribution < 1.29 is 24.0 Å². The molecule has 0 radical (unpaired) electrons. The van der Waals surface area contributed by atoms with Crippen LogP contribution < -0.4 is 10.2 Å². The predicted molar refractivity (Wildman–Crippen MR) is 129 cm³/mol. The molecule has 2 aliphatic rings. The van der Waals surface area contributed by atoms with Crippen LogP contribution in [0.15, 0.2) is 47.4 Å². The van der Waals surface area contributed by atoms with Crippen LogP contribution in [0.25, 0.3) is 6.08 Å². The van der Waals surface area contributed by atoms with Crippen molar-refractivity contribution >= 4 is 52.0 Å². The molecular weight excluding hydrogens is 460 g/mol. The summed E-state index contributed by atoms with van der Waals surface area (Å²) in [5.74, 6) is -1.12. The van der Waals surface area contributed by atoms with Gasteiger partial charge in [-0.1, -0.05) is 12.1 Å². The summed E-state index contributed by atoms with van der Waals surface area (Å²) in [4.78, 5) is 51.7. The molecule has 0 aliphatic carbocycles. The number of amides is 3. The second-order valence-electron chi connectivity index (χ2n) is 7.79. The third kappa shape index (κ3) is 5.26. The largest absolute Gasteiger partial charge is 0.378 e. The average molecular weight is 483 g/mol. The van der Waals surface area contributed by atoms with Crippen molar-refractivity contribution in [3.63, 3.8) is 0 Å². The number of non-ortho nitro benzene ring substituents is 1. The monoisotopic (exact) mass is 482 g/mol. The van der Waals surface area contributed by atoms with Gasteiger partial charge in [0, 0.05) is 42.2 Å². The third-order valence-corrected chi connectivity index (χ3v) is 6.24. The number of nitrogens with one attached hydrogen (secondary N) is 1. The van der Waals surface area contributed by atoms with Crippen LogP contribution in [0.3, 0.4) is 0 Å². The van der Waals surface area contributed by atoms with Gasteiger partial charge >= 0.3 is 0 Å². The van der Waals surface area contributed by atoms with Crippen molar-refractivity contribution in [1.29, 1.82) is 0 Å². The SMILES string of the molecule is Cc1cccc(NC(=O)CN2C(=O)S/C(=C\c3cc([N+](=O)[O-])ccc3N3CCOCC3)C2=O)c1. The number of aryl methyl sites for hydroxylation is 1. The molecule has 11 heteroatoms. The molecule has 4 rings (SSSR count). The molecule has 0 bridgehead atoms. The molecule has 2 aliphatic heterocycles. The lowest BCUT2D eigenvalue weighted by atomic mass is 10.1. The van der Waals surface area contributed by atoms with Gasteiger partial charge in [0.1, 0.15) is 6.54 Å². The van der Waals surface area contributed by atoms with Crippen molar-refractivity contribution in [3.8, 4) is 0 Å². The Kier molecular flexibility index (Phi) is 6.94. The number of hydrogen-bond acceptors (Lipinski definition) is 8. The molecule has 1 N–H and O–H groups in total. The number of rotatable bonds is 6. The van der Waals surface area contributed by atoms with E-state index in [1.807, 2.05) is 17.9 Å². The Morgan fingerprint density at radius 2 is 1.97 bits per heavy atom. The fourth-order valence-electron chi connectivity index (χ4n) is 3.71. The first kappa shape index (κ1) is 23.5. The van der Waals surface area contributed by atoms with Gasteiger partial charge in [-0.3, -0.25) is 29.4 Å². The number of carbonyl (C=O) groups is 3. The number of hydrogen-bond donors (Lipinski definition) is 1. The fraction of sp³-hybridized carbons (Fsp3) is 0.261. The van der Waals surface area contributed by atoms with Gasteiger partial charge in [0.25, 0.3) is 16.8 Å². The summed E-state index contributed by atoms with van der Waals surface area (Å²) in [7, 11) is 0. The van der Waals surface area contributed by atoms with E-state index in [4.69, 9.17) is 4.74 Å². The number of carbonyl (C=O) groups excluding carboxylic acids is 3. The van der Waals surface area contributed by atoms with Crippen LogP contribution in [0.2, 0.25) is 0 Å². The van der Waals surface area contributed by atoms with Gasteiger partial charge in [-0.25, -0.2) is 0 Å². The van der Waals surface area contributed by atoms with E-state index in [-0.39, 0.29) is 10.6 Å². The highest BCUT2D eigenvalue weighted by molar-refractivity contribution is 8.18. The standard InChI is InChI=1S/C23H22N4O6S/c1-15-3-2-4-17(11-15)24-21(28)14-26-22(29)20(34-23(26)30)13-16-12-18(27(31)32)5-6-19(16)25-7-9-33-10-8-25/h2-6,11-13H,7-10,14H2,1H3,(H,24,28)/b20-13-. The van der Waals surface area contributed by atoms with E-state index in [0.717, 1.165) is 10.5 Å². The van der Waals surface area contributed by atoms with E-state index in [9.17, 15) is 24.5 Å². The molecule has 10 nitrogen and oxygen atoms in total. The topological polar surface area (TPSA) is 122 Å². The lowest BCUT2D eigenvalue weighted by Gasteiger charge is -2.30. The minimum absolute atomic E-state index is 0.100. The van der Waals surface area contributed by atoms with Crippen LogP contribution in [0.4, 0.5) is 21.9 Å². The first-order valence-corrected chi connectivity index (χ1v) is 11.4. The van der Waals surface area contributed by atoms with Crippen LogP contribution in [0.5, 0.6) is 0 Å². The minimum atomic E-state index is -0.617. The van der Waals surface area contributed by atoms with Gasteiger partial charge in [-0.2, -0.15) is 0 Å². The second-order valence-corrected chi connectivity index (χ2v) is 8.78. The number of nitro benzene ring substituents is 1. The van der Waals surface area contributed by atoms with Gasteiger partial charge in [0.15, 0.2) is 0 Å². The van der Waals surface area contributed by atoms with Crippen LogP contribution in [0, 0.1) is 17.0 Å². The molecule has 2 aromatic carbocycles. The smallest absolute Gasteiger partial charge is 0.294 e. The highest BCUT2D eigenvalue weighted by atomic mass is 32.2. The van der Waals surface area contributed by atoms with Crippen LogP contribution >= 0.6 is 11.8 Å². The molecule has 34 heavy (non-hydrogen) atoms. The molecule has 2 fully saturated rings. The first-order valence-electron chi connectivity index (χ1n) is 10.5. The van der Waals surface area contributed by atoms with Crippen molar-refractivity contribution in [2.45, 2.75) is 6.92 Å². The Labute approximate surface area is 199 Å². The summed E-state index contributed by atoms with van der Waals surface area (Å²) in [6.45, 7) is 3.68. The number of morpholine rings is 1. The summed E-state index contributed by atoms with van der Waals surface area (Å²) >= 11 is 0.702. The van der Waals surface area contributed by atoms with Crippen molar-refractivity contribution in [1.82, 2.24) is 4.90 Å². The number of ether oxygens (including phenoxy) is 1. The summed E-state index contributed by atoms with van der Waals surface area (Å²) in [5, 5.41) is 13.4. The molecule has 3 amide bonds. The molecule has 0 aromatic heterocycles. The predicted octanol–water partition coefficient (Wildman–Crippen LogP) is 3.41. The van der Waals surface area contributed by atoms with Crippen molar-refractivity contribution in [2.75, 3.05) is 43.1 Å². The van der Waals surface area contributed by atoms with Gasteiger partial charge in [0.05, 0.1) is 23.0 Å². The maximum Gasteiger partial charge on any atom is 0.294 e. The van der Waals surface area contributed by atoms with Crippen molar-refractivity contribution in [3.05, 3.63) is 68.6 Å². The first-order chi connectivity index (χ1) is 16.3. The zero-order chi connectivity index (χ0) is 24.2. The number of anilines is 2. The quantitative estimate of drug-likeness (QED) is 0.378. The molecule has 2 aromatic rings. The van der Waals surface area contributed by atoms with E-state index in [1.54, 1.807) is 24.3 Å². The molecule has 0 unspecified atom stereocenters. The molecular formula is C23H22N4O6S. The Morgan fingerprint density at radius 1 is 1.21 bits per heavy atom. The van der Waals surface area contributed by atoms with Crippen LogP contribution in [-0.2, 0) is 14.3 Å². The Bertz CT molecular complexity index is 1190. The Balaban J connectivity index is 1.56. The normalized spacial score (nSPS) is 17.4. The van der Waals surface area contributed by atoms with Crippen molar-refractivity contribution in [2.24, 2.45) is 0 Å². The third-order valence-electron chi connectivity index (χ3n) is 5.34. The summed E-state index contributed by atoms with van der Waals surface area (Å²) in [5.41, 5.74) is 2.56. The van der Waals surface area contributed by atoms with Gasteiger partial charge < -0.3 is 15.0 Å². The minimum Gasteiger partial charge on any atom is -0.378 e. The number of benzene rings is 2. The van der Waals surface area contributed by atoms with Crippen LogP contribution in [-0.4, -0.2) is 59.7 Å².